The Kier molecular flexibility index (Phi) is 5.07. The Morgan fingerprint density at radius 1 is 1.33 bits per heavy atom. The number of nitrogens with zero attached hydrogens (tertiary/aromatic N) is 1. The number of carbonyl (C=O) groups excluding carboxylic acids is 1. The van der Waals surface area contributed by atoms with Gasteiger partial charge in [0, 0.05) is 16.7 Å². The Bertz CT molecular complexity index is 634. The number of rotatable bonds is 5. The lowest BCUT2D eigenvalue weighted by Gasteiger charge is -2.06. The van der Waals surface area contributed by atoms with Crippen LogP contribution in [0.4, 0.5) is 5.82 Å². The van der Waals surface area contributed by atoms with Gasteiger partial charge in [-0.1, -0.05) is 31.5 Å². The smallest absolute Gasteiger partial charge is 0.235 e. The fourth-order valence-corrected chi connectivity index (χ4v) is 2.81. The first-order chi connectivity index (χ1) is 9.95. The van der Waals surface area contributed by atoms with Crippen LogP contribution in [0.5, 0.6) is 0 Å². The molecule has 0 saturated heterocycles. The van der Waals surface area contributed by atoms with Crippen LogP contribution in [0.2, 0.25) is 0 Å². The summed E-state index contributed by atoms with van der Waals surface area (Å²) in [7, 11) is 0. The zero-order valence-electron chi connectivity index (χ0n) is 12.9. The van der Waals surface area contributed by atoms with Crippen molar-refractivity contribution in [2.75, 3.05) is 11.1 Å². The predicted octanol–water partition coefficient (Wildman–Crippen LogP) is 3.88. The maximum atomic E-state index is 12.0. The van der Waals surface area contributed by atoms with Crippen LogP contribution in [0.3, 0.4) is 0 Å². The van der Waals surface area contributed by atoms with Crippen LogP contribution in [-0.2, 0) is 4.79 Å². The summed E-state index contributed by atoms with van der Waals surface area (Å²) in [4.78, 5) is 13.1. The third kappa shape index (κ3) is 4.36. The van der Waals surface area contributed by atoms with Gasteiger partial charge in [-0.15, -0.1) is 11.8 Å². The van der Waals surface area contributed by atoms with Crippen LogP contribution in [0.25, 0.3) is 0 Å². The minimum absolute atomic E-state index is 0.0392. The van der Waals surface area contributed by atoms with E-state index in [1.54, 1.807) is 11.8 Å². The van der Waals surface area contributed by atoms with Gasteiger partial charge in [0.15, 0.2) is 5.82 Å². The van der Waals surface area contributed by atoms with Gasteiger partial charge in [-0.2, -0.15) is 5.10 Å². The molecule has 0 radical (unpaired) electrons. The lowest BCUT2D eigenvalue weighted by atomic mass is 10.1. The summed E-state index contributed by atoms with van der Waals surface area (Å²) < 4.78 is 0. The number of anilines is 1. The van der Waals surface area contributed by atoms with Crippen LogP contribution in [0.1, 0.15) is 36.6 Å². The molecule has 0 bridgehead atoms. The molecule has 1 amide bonds. The number of benzene rings is 1. The van der Waals surface area contributed by atoms with Gasteiger partial charge in [-0.05, 0) is 31.4 Å². The Hall–Kier alpha value is -1.75. The molecular weight excluding hydrogens is 282 g/mol. The van der Waals surface area contributed by atoms with Gasteiger partial charge in [0.05, 0.1) is 5.75 Å². The standard InChI is InChI=1S/C16H21N3OS/c1-10(2)13-8-15(19-18-13)17-16(20)9-21-14-7-11(3)5-6-12(14)4/h5-8,10H,9H2,1-4H3,(H2,17,18,19,20). The quantitative estimate of drug-likeness (QED) is 0.824. The Labute approximate surface area is 129 Å². The largest absolute Gasteiger partial charge is 0.308 e. The van der Waals surface area contributed by atoms with E-state index < -0.39 is 0 Å². The minimum atomic E-state index is -0.0392. The molecular formula is C16H21N3OS. The molecule has 2 aromatic rings. The zero-order valence-corrected chi connectivity index (χ0v) is 13.7. The summed E-state index contributed by atoms with van der Waals surface area (Å²) in [6, 6.07) is 8.15. The highest BCUT2D eigenvalue weighted by atomic mass is 32.2. The predicted molar refractivity (Wildman–Crippen MR) is 87.9 cm³/mol. The summed E-state index contributed by atoms with van der Waals surface area (Å²) in [6.45, 7) is 8.27. The Morgan fingerprint density at radius 2 is 2.10 bits per heavy atom. The number of aromatic amines is 1. The first-order valence-electron chi connectivity index (χ1n) is 7.01. The van der Waals surface area contributed by atoms with Crippen molar-refractivity contribution < 1.29 is 4.79 Å². The van der Waals surface area contributed by atoms with Gasteiger partial charge in [-0.25, -0.2) is 0 Å². The first-order valence-corrected chi connectivity index (χ1v) is 7.99. The molecule has 5 heteroatoms. The van der Waals surface area contributed by atoms with Crippen LogP contribution in [0, 0.1) is 13.8 Å². The van der Waals surface area contributed by atoms with E-state index in [1.807, 2.05) is 6.07 Å². The van der Waals surface area contributed by atoms with E-state index in [9.17, 15) is 4.79 Å². The normalized spacial score (nSPS) is 10.9. The number of H-pyrrole nitrogens is 1. The molecule has 0 saturated carbocycles. The molecule has 0 atom stereocenters. The molecule has 0 unspecified atom stereocenters. The second-order valence-electron chi connectivity index (χ2n) is 5.47. The average molecular weight is 303 g/mol. The molecule has 0 fully saturated rings. The number of nitrogens with one attached hydrogen (secondary N) is 2. The topological polar surface area (TPSA) is 57.8 Å². The van der Waals surface area contributed by atoms with Gasteiger partial charge in [0.1, 0.15) is 0 Å². The Balaban J connectivity index is 1.91. The summed E-state index contributed by atoms with van der Waals surface area (Å²) in [6.07, 6.45) is 0. The molecule has 2 N–H and O–H groups in total. The van der Waals surface area contributed by atoms with E-state index in [-0.39, 0.29) is 5.91 Å². The molecule has 0 aliphatic rings. The van der Waals surface area contributed by atoms with Crippen molar-refractivity contribution in [3.05, 3.63) is 41.1 Å². The third-order valence-corrected chi connectivity index (χ3v) is 4.35. The molecule has 21 heavy (non-hydrogen) atoms. The van der Waals surface area contributed by atoms with Crippen molar-refractivity contribution in [1.82, 2.24) is 10.2 Å². The minimum Gasteiger partial charge on any atom is -0.308 e. The van der Waals surface area contributed by atoms with Crippen LogP contribution < -0.4 is 5.32 Å². The first kappa shape index (κ1) is 15.6. The highest BCUT2D eigenvalue weighted by Gasteiger charge is 2.09. The van der Waals surface area contributed by atoms with E-state index in [0.29, 0.717) is 17.5 Å². The number of thioether (sulfide) groups is 1. The van der Waals surface area contributed by atoms with Gasteiger partial charge >= 0.3 is 0 Å². The van der Waals surface area contributed by atoms with E-state index in [1.165, 1.54) is 11.1 Å². The lowest BCUT2D eigenvalue weighted by molar-refractivity contribution is -0.113. The fourth-order valence-electron chi connectivity index (χ4n) is 1.88. The molecule has 0 aliphatic carbocycles. The highest BCUT2D eigenvalue weighted by Crippen LogP contribution is 2.23. The van der Waals surface area contributed by atoms with Crippen LogP contribution >= 0.6 is 11.8 Å². The second-order valence-corrected chi connectivity index (χ2v) is 6.49. The van der Waals surface area contributed by atoms with Gasteiger partial charge in [0.25, 0.3) is 0 Å². The zero-order chi connectivity index (χ0) is 15.4. The van der Waals surface area contributed by atoms with Crippen molar-refractivity contribution in [1.29, 1.82) is 0 Å². The van der Waals surface area contributed by atoms with E-state index >= 15 is 0 Å². The van der Waals surface area contributed by atoms with Gasteiger partial charge in [-0.3, -0.25) is 9.89 Å². The summed E-state index contributed by atoms with van der Waals surface area (Å²) in [5.41, 5.74) is 3.42. The van der Waals surface area contributed by atoms with Crippen molar-refractivity contribution >= 4 is 23.5 Å². The lowest BCUT2D eigenvalue weighted by Crippen LogP contribution is -2.14. The second kappa shape index (κ2) is 6.80. The molecule has 1 aromatic heterocycles. The number of hydrogen-bond acceptors (Lipinski definition) is 3. The molecule has 0 aliphatic heterocycles. The van der Waals surface area contributed by atoms with Crippen molar-refractivity contribution in [3.63, 3.8) is 0 Å². The number of amides is 1. The van der Waals surface area contributed by atoms with E-state index in [4.69, 9.17) is 0 Å². The van der Waals surface area contributed by atoms with Crippen molar-refractivity contribution in [2.45, 2.75) is 38.5 Å². The maximum Gasteiger partial charge on any atom is 0.235 e. The number of hydrogen-bond donors (Lipinski definition) is 2. The average Bonchev–Trinajstić information content (AvgIpc) is 2.88. The van der Waals surface area contributed by atoms with E-state index in [2.05, 4.69) is 61.4 Å². The monoisotopic (exact) mass is 303 g/mol. The number of aromatic nitrogens is 2. The van der Waals surface area contributed by atoms with Gasteiger partial charge in [0.2, 0.25) is 5.91 Å². The van der Waals surface area contributed by atoms with Crippen LogP contribution in [-0.4, -0.2) is 21.9 Å². The summed E-state index contributed by atoms with van der Waals surface area (Å²) in [5.74, 6) is 1.30. The molecule has 1 heterocycles. The maximum absolute atomic E-state index is 12.0. The SMILES string of the molecule is Cc1ccc(C)c(SCC(=O)Nc2cc(C(C)C)[nH]n2)c1. The Morgan fingerprint density at radius 3 is 2.76 bits per heavy atom. The molecule has 0 spiro atoms. The van der Waals surface area contributed by atoms with Gasteiger partial charge < -0.3 is 5.32 Å². The third-order valence-electron chi connectivity index (χ3n) is 3.19. The van der Waals surface area contributed by atoms with Crippen LogP contribution in [0.15, 0.2) is 29.2 Å². The summed E-state index contributed by atoms with van der Waals surface area (Å²) >= 11 is 1.55. The fraction of sp³-hybridized carbons (Fsp3) is 0.375. The molecule has 2 rings (SSSR count). The van der Waals surface area contributed by atoms with Crippen molar-refractivity contribution in [3.8, 4) is 0 Å². The molecule has 112 valence electrons. The van der Waals surface area contributed by atoms with Crippen molar-refractivity contribution in [2.24, 2.45) is 0 Å². The molecule has 1 aromatic carbocycles. The van der Waals surface area contributed by atoms with E-state index in [0.717, 1.165) is 10.6 Å². The number of carbonyl (C=O) groups is 1. The number of aryl methyl sites for hydroxylation is 2. The summed E-state index contributed by atoms with van der Waals surface area (Å²) in [5, 5.41) is 9.85. The highest BCUT2D eigenvalue weighted by molar-refractivity contribution is 8.00. The molecule has 4 nitrogen and oxygen atoms in total.